The highest BCUT2D eigenvalue weighted by molar-refractivity contribution is 9.10. The van der Waals surface area contributed by atoms with Crippen LogP contribution in [-0.2, 0) is 19.1 Å². The van der Waals surface area contributed by atoms with Crippen molar-refractivity contribution >= 4 is 27.9 Å². The molecule has 1 unspecified atom stereocenters. The second-order valence-corrected chi connectivity index (χ2v) is 6.06. The Morgan fingerprint density at radius 2 is 1.96 bits per heavy atom. The Balaban J connectivity index is 2.62. The number of carbonyl (C=O) groups is 2. The minimum atomic E-state index is -1.79. The summed E-state index contributed by atoms with van der Waals surface area (Å²) in [6, 6.07) is 9.29. The van der Waals surface area contributed by atoms with Crippen molar-refractivity contribution in [3.8, 4) is 6.07 Å². The van der Waals surface area contributed by atoms with Crippen LogP contribution in [0.3, 0.4) is 0 Å². The number of ether oxygens (including phenoxy) is 2. The number of carbonyl (C=O) groups excluding carboxylic acids is 2. The minimum Gasteiger partial charge on any atom is -0.468 e. The Morgan fingerprint density at radius 1 is 1.35 bits per heavy atom. The standard InChI is InChI=1S/C16H15BrN2O4/c1-22-14(20)16(15(21)23-2)7-11(12(8-18)13(16)19)9-4-3-5-10(17)6-9/h3-6,11H,7,19H2,1-2H3. The largest absolute Gasteiger partial charge is 0.468 e. The van der Waals surface area contributed by atoms with Crippen LogP contribution in [0.1, 0.15) is 17.9 Å². The molecule has 2 N–H and O–H groups in total. The summed E-state index contributed by atoms with van der Waals surface area (Å²) in [7, 11) is 2.33. The first kappa shape index (κ1) is 17.0. The Kier molecular flexibility index (Phi) is 4.76. The fourth-order valence-corrected chi connectivity index (χ4v) is 3.32. The number of benzene rings is 1. The quantitative estimate of drug-likeness (QED) is 0.637. The van der Waals surface area contributed by atoms with E-state index < -0.39 is 23.3 Å². The first-order valence-corrected chi connectivity index (χ1v) is 7.54. The van der Waals surface area contributed by atoms with Gasteiger partial charge in [-0.15, -0.1) is 0 Å². The lowest BCUT2D eigenvalue weighted by atomic mass is 9.81. The maximum Gasteiger partial charge on any atom is 0.329 e. The van der Waals surface area contributed by atoms with E-state index in [1.165, 1.54) is 14.2 Å². The highest BCUT2D eigenvalue weighted by atomic mass is 79.9. The summed E-state index contributed by atoms with van der Waals surface area (Å²) >= 11 is 3.37. The molecule has 1 aromatic carbocycles. The van der Waals surface area contributed by atoms with Crippen molar-refractivity contribution in [1.82, 2.24) is 0 Å². The number of hydrogen-bond donors (Lipinski definition) is 1. The van der Waals surface area contributed by atoms with E-state index in [1.807, 2.05) is 24.3 Å². The van der Waals surface area contributed by atoms with Crippen LogP contribution in [0.2, 0.25) is 0 Å². The fourth-order valence-electron chi connectivity index (χ4n) is 2.90. The molecule has 0 saturated heterocycles. The maximum atomic E-state index is 12.3. The fraction of sp³-hybridized carbons (Fsp3) is 0.312. The van der Waals surface area contributed by atoms with Gasteiger partial charge in [-0.25, -0.2) is 0 Å². The normalized spacial score (nSPS) is 19.1. The van der Waals surface area contributed by atoms with Gasteiger partial charge in [0.05, 0.1) is 31.6 Å². The summed E-state index contributed by atoms with van der Waals surface area (Å²) in [4.78, 5) is 24.6. The number of nitrogens with two attached hydrogens (primary N) is 1. The second kappa shape index (κ2) is 6.42. The summed E-state index contributed by atoms with van der Waals surface area (Å²) in [5.74, 6) is -2.14. The smallest absolute Gasteiger partial charge is 0.329 e. The third kappa shape index (κ3) is 2.59. The molecule has 1 aliphatic carbocycles. The molecule has 0 aromatic heterocycles. The molecule has 1 atom stereocenters. The van der Waals surface area contributed by atoms with Crippen LogP contribution in [0.25, 0.3) is 0 Å². The molecule has 0 amide bonds. The average Bonchev–Trinajstić information content (AvgIpc) is 2.87. The van der Waals surface area contributed by atoms with Crippen molar-refractivity contribution in [3.05, 3.63) is 45.6 Å². The van der Waals surface area contributed by atoms with Gasteiger partial charge in [-0.05, 0) is 24.1 Å². The van der Waals surface area contributed by atoms with Gasteiger partial charge in [0, 0.05) is 10.4 Å². The van der Waals surface area contributed by atoms with Crippen molar-refractivity contribution in [1.29, 1.82) is 5.26 Å². The molecule has 0 bridgehead atoms. The topological polar surface area (TPSA) is 102 Å². The molecule has 1 aromatic rings. The Bertz CT molecular complexity index is 720. The summed E-state index contributed by atoms with van der Waals surface area (Å²) in [6.07, 6.45) is -0.00245. The zero-order chi connectivity index (χ0) is 17.2. The highest BCUT2D eigenvalue weighted by Crippen LogP contribution is 2.50. The van der Waals surface area contributed by atoms with Crippen LogP contribution in [0.4, 0.5) is 0 Å². The molecule has 0 saturated carbocycles. The molecule has 0 heterocycles. The summed E-state index contributed by atoms with van der Waals surface area (Å²) in [5.41, 5.74) is 5.08. The van der Waals surface area contributed by atoms with Gasteiger partial charge < -0.3 is 15.2 Å². The molecule has 0 aliphatic heterocycles. The zero-order valence-corrected chi connectivity index (χ0v) is 14.2. The molecule has 120 valence electrons. The average molecular weight is 379 g/mol. The molecule has 1 aliphatic rings. The first-order valence-electron chi connectivity index (χ1n) is 6.74. The van der Waals surface area contributed by atoms with E-state index in [2.05, 4.69) is 15.9 Å². The van der Waals surface area contributed by atoms with Crippen LogP contribution in [0, 0.1) is 16.7 Å². The number of rotatable bonds is 3. The van der Waals surface area contributed by atoms with E-state index in [0.717, 1.165) is 10.0 Å². The maximum absolute atomic E-state index is 12.3. The van der Waals surface area contributed by atoms with E-state index in [-0.39, 0.29) is 17.7 Å². The third-order valence-electron chi connectivity index (χ3n) is 4.05. The van der Waals surface area contributed by atoms with E-state index in [9.17, 15) is 14.9 Å². The number of nitriles is 1. The van der Waals surface area contributed by atoms with E-state index in [0.29, 0.717) is 0 Å². The first-order chi connectivity index (χ1) is 10.9. The summed E-state index contributed by atoms with van der Waals surface area (Å²) in [6.45, 7) is 0. The molecule has 23 heavy (non-hydrogen) atoms. The van der Waals surface area contributed by atoms with Gasteiger partial charge in [0.1, 0.15) is 0 Å². The van der Waals surface area contributed by atoms with E-state index >= 15 is 0 Å². The molecule has 0 fully saturated rings. The number of hydrogen-bond acceptors (Lipinski definition) is 6. The monoisotopic (exact) mass is 378 g/mol. The van der Waals surface area contributed by atoms with Gasteiger partial charge in [-0.2, -0.15) is 5.26 Å². The molecule has 6 nitrogen and oxygen atoms in total. The highest BCUT2D eigenvalue weighted by Gasteiger charge is 2.58. The van der Waals surface area contributed by atoms with Gasteiger partial charge in [0.25, 0.3) is 0 Å². The van der Waals surface area contributed by atoms with Gasteiger partial charge in [-0.3, -0.25) is 9.59 Å². The predicted octanol–water partition coefficient (Wildman–Crippen LogP) is 2.01. The minimum absolute atomic E-state index is 0.00245. The summed E-state index contributed by atoms with van der Waals surface area (Å²) in [5, 5.41) is 9.47. The number of esters is 2. The lowest BCUT2D eigenvalue weighted by Crippen LogP contribution is -2.43. The van der Waals surface area contributed by atoms with Gasteiger partial charge >= 0.3 is 11.9 Å². The molecule has 2 rings (SSSR count). The van der Waals surface area contributed by atoms with Crippen molar-refractivity contribution in [2.75, 3.05) is 14.2 Å². The third-order valence-corrected chi connectivity index (χ3v) is 4.54. The van der Waals surface area contributed by atoms with Crippen LogP contribution in [0.15, 0.2) is 40.0 Å². The Labute approximate surface area is 142 Å². The van der Waals surface area contributed by atoms with Gasteiger partial charge in [-0.1, -0.05) is 28.1 Å². The molecular formula is C16H15BrN2O4. The van der Waals surface area contributed by atoms with E-state index in [4.69, 9.17) is 15.2 Å². The lowest BCUT2D eigenvalue weighted by molar-refractivity contribution is -0.166. The summed E-state index contributed by atoms with van der Waals surface area (Å²) < 4.78 is 10.3. The molecule has 0 radical (unpaired) electrons. The lowest BCUT2D eigenvalue weighted by Gasteiger charge is -2.25. The molecule has 7 heteroatoms. The zero-order valence-electron chi connectivity index (χ0n) is 12.6. The Hall–Kier alpha value is -2.33. The van der Waals surface area contributed by atoms with Crippen molar-refractivity contribution in [2.24, 2.45) is 11.1 Å². The van der Waals surface area contributed by atoms with Crippen molar-refractivity contribution < 1.29 is 19.1 Å². The van der Waals surface area contributed by atoms with Crippen molar-refractivity contribution in [2.45, 2.75) is 12.3 Å². The van der Waals surface area contributed by atoms with E-state index in [1.54, 1.807) is 6.07 Å². The number of nitrogens with zero attached hydrogens (tertiary/aromatic N) is 1. The predicted molar refractivity (Wildman–Crippen MR) is 84.8 cm³/mol. The van der Waals surface area contributed by atoms with Crippen LogP contribution in [0.5, 0.6) is 0 Å². The number of allylic oxidation sites excluding steroid dienone is 1. The van der Waals surface area contributed by atoms with Gasteiger partial charge in [0.2, 0.25) is 5.41 Å². The molecular weight excluding hydrogens is 364 g/mol. The molecule has 0 spiro atoms. The Morgan fingerprint density at radius 3 is 2.43 bits per heavy atom. The second-order valence-electron chi connectivity index (χ2n) is 5.14. The number of halogens is 1. The van der Waals surface area contributed by atoms with Crippen LogP contribution in [-0.4, -0.2) is 26.2 Å². The van der Waals surface area contributed by atoms with Crippen LogP contribution < -0.4 is 5.73 Å². The number of methoxy groups -OCH3 is 2. The van der Waals surface area contributed by atoms with Crippen molar-refractivity contribution in [3.63, 3.8) is 0 Å². The van der Waals surface area contributed by atoms with Crippen LogP contribution >= 0.6 is 15.9 Å². The SMILES string of the molecule is COC(=O)C1(C(=O)OC)CC(c2cccc(Br)c2)C(C#N)=C1N. The van der Waals surface area contributed by atoms with Gasteiger partial charge in [0.15, 0.2) is 0 Å².